The Morgan fingerprint density at radius 1 is 1.47 bits per heavy atom. The van der Waals surface area contributed by atoms with E-state index in [0.29, 0.717) is 17.2 Å². The van der Waals surface area contributed by atoms with Crippen LogP contribution in [-0.4, -0.2) is 29.8 Å². The zero-order valence-corrected chi connectivity index (χ0v) is 11.6. The van der Waals surface area contributed by atoms with E-state index in [1.165, 1.54) is 0 Å². The van der Waals surface area contributed by atoms with E-state index in [1.54, 1.807) is 24.1 Å². The Morgan fingerprint density at radius 2 is 2.21 bits per heavy atom. The van der Waals surface area contributed by atoms with Gasteiger partial charge in [-0.1, -0.05) is 30.7 Å². The van der Waals surface area contributed by atoms with Gasteiger partial charge in [-0.05, 0) is 12.1 Å². The van der Waals surface area contributed by atoms with E-state index in [-0.39, 0.29) is 5.92 Å². The summed E-state index contributed by atoms with van der Waals surface area (Å²) in [5, 5.41) is 5.04. The third-order valence-electron chi connectivity index (χ3n) is 2.88. The van der Waals surface area contributed by atoms with Gasteiger partial charge in [-0.15, -0.1) is 0 Å². The molecule has 0 N–H and O–H groups in total. The lowest BCUT2D eigenvalue weighted by Crippen LogP contribution is -2.06. The topological polar surface area (TPSA) is 44.1 Å². The van der Waals surface area contributed by atoms with Gasteiger partial charge in [0.1, 0.15) is 0 Å². The molecule has 2 rings (SSSR count). The van der Waals surface area contributed by atoms with Gasteiger partial charge >= 0.3 is 0 Å². The molecule has 1 atom stereocenters. The number of ether oxygens (including phenoxy) is 1. The first kappa shape index (κ1) is 13.8. The predicted octanol–water partition coefficient (Wildman–Crippen LogP) is 3.09. The Balaban J connectivity index is 2.44. The van der Waals surface area contributed by atoms with Crippen LogP contribution in [0, 0.1) is 0 Å². The highest BCUT2D eigenvalue weighted by Gasteiger charge is 2.16. The first-order valence-corrected chi connectivity index (χ1v) is 6.33. The molecule has 19 heavy (non-hydrogen) atoms. The number of hydrogen-bond acceptors (Lipinski definition) is 3. The number of para-hydroxylation sites is 1. The highest BCUT2D eigenvalue weighted by atomic mass is 35.5. The van der Waals surface area contributed by atoms with E-state index in [0.717, 1.165) is 17.7 Å². The van der Waals surface area contributed by atoms with Crippen LogP contribution in [0.1, 0.15) is 28.9 Å². The number of carbonyl (C=O) groups excluding carboxylic acids is 1. The molecule has 1 aromatic carbocycles. The molecule has 0 aliphatic carbocycles. The van der Waals surface area contributed by atoms with E-state index in [9.17, 15) is 4.79 Å². The summed E-state index contributed by atoms with van der Waals surface area (Å²) in [6, 6.07) is 7.37. The van der Waals surface area contributed by atoms with E-state index in [2.05, 4.69) is 5.10 Å². The van der Waals surface area contributed by atoms with Gasteiger partial charge in [0.2, 0.25) is 0 Å². The van der Waals surface area contributed by atoms with Gasteiger partial charge < -0.3 is 4.74 Å². The lowest BCUT2D eigenvalue weighted by molar-refractivity contribution is 0.112. The van der Waals surface area contributed by atoms with Gasteiger partial charge in [-0.25, -0.2) is 4.68 Å². The molecule has 0 aliphatic heterocycles. The van der Waals surface area contributed by atoms with Crippen LogP contribution in [-0.2, 0) is 4.74 Å². The lowest BCUT2D eigenvalue weighted by atomic mass is 10.1. The molecule has 0 radical (unpaired) electrons. The third-order valence-corrected chi connectivity index (χ3v) is 3.20. The molecule has 0 saturated carbocycles. The smallest absolute Gasteiger partial charge is 0.153 e. The average molecular weight is 279 g/mol. The number of benzene rings is 1. The van der Waals surface area contributed by atoms with Crippen LogP contribution < -0.4 is 0 Å². The second-order valence-electron chi connectivity index (χ2n) is 4.34. The molecular formula is C14H15ClN2O2. The molecule has 1 heterocycles. The van der Waals surface area contributed by atoms with Crippen LogP contribution in [0.2, 0.25) is 5.02 Å². The predicted molar refractivity (Wildman–Crippen MR) is 74.3 cm³/mol. The van der Waals surface area contributed by atoms with E-state index >= 15 is 0 Å². The van der Waals surface area contributed by atoms with Crippen molar-refractivity contribution in [2.45, 2.75) is 12.8 Å². The Kier molecular flexibility index (Phi) is 4.35. The van der Waals surface area contributed by atoms with Gasteiger partial charge in [0.15, 0.2) is 6.29 Å². The molecular weight excluding hydrogens is 264 g/mol. The van der Waals surface area contributed by atoms with Crippen molar-refractivity contribution in [1.29, 1.82) is 0 Å². The average Bonchev–Trinajstić information content (AvgIpc) is 2.83. The summed E-state index contributed by atoms with van der Waals surface area (Å²) in [6.45, 7) is 2.48. The largest absolute Gasteiger partial charge is 0.384 e. The summed E-state index contributed by atoms with van der Waals surface area (Å²) >= 11 is 6.13. The molecule has 0 saturated heterocycles. The summed E-state index contributed by atoms with van der Waals surface area (Å²) < 4.78 is 6.74. The first-order valence-electron chi connectivity index (χ1n) is 5.96. The maximum atomic E-state index is 11.1. The molecule has 0 bridgehead atoms. The maximum Gasteiger partial charge on any atom is 0.153 e. The van der Waals surface area contributed by atoms with Crippen molar-refractivity contribution in [3.05, 3.63) is 46.7 Å². The third kappa shape index (κ3) is 2.85. The Bertz CT molecular complexity index is 581. The summed E-state index contributed by atoms with van der Waals surface area (Å²) in [5.74, 6) is 0.0499. The number of nitrogens with zero attached hydrogens (tertiary/aromatic N) is 2. The monoisotopic (exact) mass is 278 g/mol. The number of hydrogen-bond donors (Lipinski definition) is 0. The number of rotatable bonds is 5. The van der Waals surface area contributed by atoms with Crippen LogP contribution in [0.3, 0.4) is 0 Å². The summed E-state index contributed by atoms with van der Waals surface area (Å²) in [7, 11) is 1.63. The van der Waals surface area contributed by atoms with E-state index in [4.69, 9.17) is 16.3 Å². The van der Waals surface area contributed by atoms with Crippen molar-refractivity contribution in [3.8, 4) is 5.69 Å². The highest BCUT2D eigenvalue weighted by Crippen LogP contribution is 2.23. The van der Waals surface area contributed by atoms with Gasteiger partial charge in [0.05, 0.1) is 28.6 Å². The minimum Gasteiger partial charge on any atom is -0.384 e. The molecule has 0 fully saturated rings. The van der Waals surface area contributed by atoms with Crippen LogP contribution in [0.15, 0.2) is 30.5 Å². The number of carbonyl (C=O) groups is 1. The first-order chi connectivity index (χ1) is 9.17. The zero-order chi connectivity index (χ0) is 13.8. The lowest BCUT2D eigenvalue weighted by Gasteiger charge is -2.07. The van der Waals surface area contributed by atoms with Crippen LogP contribution in [0.5, 0.6) is 0 Å². The minimum atomic E-state index is 0.0499. The van der Waals surface area contributed by atoms with Crippen LogP contribution in [0.4, 0.5) is 0 Å². The van der Waals surface area contributed by atoms with Crippen molar-refractivity contribution in [2.24, 2.45) is 0 Å². The molecule has 0 amide bonds. The minimum absolute atomic E-state index is 0.0499. The molecule has 4 nitrogen and oxygen atoms in total. The number of methoxy groups -OCH3 is 1. The summed E-state index contributed by atoms with van der Waals surface area (Å²) in [6.07, 6.45) is 2.50. The Morgan fingerprint density at radius 3 is 2.84 bits per heavy atom. The summed E-state index contributed by atoms with van der Waals surface area (Å²) in [5.41, 5.74) is 2.03. The molecule has 0 aliphatic rings. The highest BCUT2D eigenvalue weighted by molar-refractivity contribution is 6.32. The van der Waals surface area contributed by atoms with Crippen LogP contribution in [0.25, 0.3) is 5.69 Å². The van der Waals surface area contributed by atoms with Crippen molar-refractivity contribution in [3.63, 3.8) is 0 Å². The molecule has 5 heteroatoms. The van der Waals surface area contributed by atoms with E-state index < -0.39 is 0 Å². The normalized spacial score (nSPS) is 12.4. The van der Waals surface area contributed by atoms with Crippen molar-refractivity contribution in [2.75, 3.05) is 13.7 Å². The fourth-order valence-corrected chi connectivity index (χ4v) is 2.19. The Labute approximate surface area is 116 Å². The van der Waals surface area contributed by atoms with Crippen molar-refractivity contribution in [1.82, 2.24) is 9.78 Å². The molecule has 2 aromatic rings. The molecule has 1 aromatic heterocycles. The zero-order valence-electron chi connectivity index (χ0n) is 10.8. The quantitative estimate of drug-likeness (QED) is 0.790. The van der Waals surface area contributed by atoms with Crippen LogP contribution >= 0.6 is 11.6 Å². The van der Waals surface area contributed by atoms with Gasteiger partial charge in [0, 0.05) is 19.2 Å². The van der Waals surface area contributed by atoms with Crippen molar-refractivity contribution < 1.29 is 9.53 Å². The SMILES string of the molecule is COCC(C)c1nn(-c2ccccc2Cl)cc1C=O. The number of halogens is 1. The maximum absolute atomic E-state index is 11.1. The Hall–Kier alpha value is -1.65. The molecule has 100 valence electrons. The fraction of sp³-hybridized carbons (Fsp3) is 0.286. The number of aldehydes is 1. The fourth-order valence-electron chi connectivity index (χ4n) is 1.96. The number of aromatic nitrogens is 2. The standard InChI is InChI=1S/C14H15ClN2O2/c1-10(9-19-2)14-11(8-18)7-17(16-14)13-6-4-3-5-12(13)15/h3-8,10H,9H2,1-2H3. The van der Waals surface area contributed by atoms with Gasteiger partial charge in [-0.3, -0.25) is 4.79 Å². The summed E-state index contributed by atoms with van der Waals surface area (Å²) in [4.78, 5) is 11.1. The molecule has 1 unspecified atom stereocenters. The second kappa shape index (κ2) is 5.99. The second-order valence-corrected chi connectivity index (χ2v) is 4.75. The molecule has 0 spiro atoms. The van der Waals surface area contributed by atoms with Gasteiger partial charge in [-0.2, -0.15) is 5.10 Å². The van der Waals surface area contributed by atoms with E-state index in [1.807, 2.05) is 25.1 Å². The van der Waals surface area contributed by atoms with Gasteiger partial charge in [0.25, 0.3) is 0 Å². The van der Waals surface area contributed by atoms with Crippen molar-refractivity contribution >= 4 is 17.9 Å².